The van der Waals surface area contributed by atoms with E-state index in [1.807, 2.05) is 6.92 Å². The molecule has 0 bridgehead atoms. The van der Waals surface area contributed by atoms with Gasteiger partial charge in [-0.05, 0) is 19.8 Å². The lowest BCUT2D eigenvalue weighted by Gasteiger charge is -2.36. The zero-order valence-electron chi connectivity index (χ0n) is 11.2. The molecular formula is C10H16Cl5O4P. The highest BCUT2D eigenvalue weighted by Gasteiger charge is 2.50. The number of rotatable bonds is 8. The van der Waals surface area contributed by atoms with E-state index in [0.29, 0.717) is 6.42 Å². The monoisotopic (exact) mass is 406 g/mol. The van der Waals surface area contributed by atoms with Crippen molar-refractivity contribution in [1.82, 2.24) is 0 Å². The zero-order chi connectivity index (χ0) is 16.0. The molecular weight excluding hydrogens is 392 g/mol. The van der Waals surface area contributed by atoms with Gasteiger partial charge in [-0.3, -0.25) is 9.05 Å². The molecule has 2 atom stereocenters. The molecule has 0 radical (unpaired) electrons. The maximum Gasteiger partial charge on any atom is 0.530 e. The van der Waals surface area contributed by atoms with Gasteiger partial charge in [0, 0.05) is 0 Å². The van der Waals surface area contributed by atoms with Crippen molar-refractivity contribution in [3.05, 3.63) is 10.8 Å². The summed E-state index contributed by atoms with van der Waals surface area (Å²) in [6, 6.07) is 0. The highest BCUT2D eigenvalue weighted by Crippen LogP contribution is 2.58. The average Bonchev–Trinajstić information content (AvgIpc) is 2.32. The van der Waals surface area contributed by atoms with Crippen molar-refractivity contribution in [3.63, 3.8) is 0 Å². The van der Waals surface area contributed by atoms with Crippen LogP contribution in [0.15, 0.2) is 10.8 Å². The third kappa shape index (κ3) is 6.93. The van der Waals surface area contributed by atoms with Gasteiger partial charge < -0.3 is 4.52 Å². The molecule has 0 rings (SSSR count). The molecule has 0 amide bonds. The van der Waals surface area contributed by atoms with E-state index in [2.05, 4.69) is 0 Å². The fraction of sp³-hybridized carbons (Fsp3) is 0.800. The molecule has 0 aliphatic carbocycles. The molecule has 0 aliphatic rings. The molecule has 0 aliphatic heterocycles. The van der Waals surface area contributed by atoms with Crippen LogP contribution < -0.4 is 0 Å². The topological polar surface area (TPSA) is 44.8 Å². The van der Waals surface area contributed by atoms with E-state index in [1.165, 1.54) is 6.92 Å². The molecule has 0 saturated carbocycles. The van der Waals surface area contributed by atoms with Crippen molar-refractivity contribution in [2.75, 3.05) is 6.61 Å². The fourth-order valence-electron chi connectivity index (χ4n) is 0.949. The summed E-state index contributed by atoms with van der Waals surface area (Å²) in [5.74, 6) is 0. The summed E-state index contributed by atoms with van der Waals surface area (Å²) in [5.41, 5.74) is -1.38. The van der Waals surface area contributed by atoms with E-state index < -0.39 is 17.2 Å². The van der Waals surface area contributed by atoms with Crippen LogP contribution in [-0.4, -0.2) is 16.0 Å². The summed E-state index contributed by atoms with van der Waals surface area (Å²) in [5, 5.41) is 0. The molecule has 0 aromatic rings. The van der Waals surface area contributed by atoms with Crippen molar-refractivity contribution in [3.8, 4) is 0 Å². The lowest BCUT2D eigenvalue weighted by molar-refractivity contribution is 0.0322. The highest BCUT2D eigenvalue weighted by molar-refractivity contribution is 7.48. The number of phosphoric acid groups is 1. The van der Waals surface area contributed by atoms with Crippen LogP contribution in [0.2, 0.25) is 0 Å². The Balaban J connectivity index is 5.23. The number of alkyl halides is 3. The van der Waals surface area contributed by atoms with Crippen LogP contribution in [0.1, 0.15) is 33.6 Å². The van der Waals surface area contributed by atoms with Gasteiger partial charge in [-0.2, -0.15) is 0 Å². The van der Waals surface area contributed by atoms with Crippen LogP contribution in [0.5, 0.6) is 0 Å². The minimum atomic E-state index is -4.02. The highest BCUT2D eigenvalue weighted by atomic mass is 35.6. The van der Waals surface area contributed by atoms with E-state index >= 15 is 0 Å². The summed E-state index contributed by atoms with van der Waals surface area (Å²) in [7, 11) is -4.02. The molecule has 0 aromatic heterocycles. The first-order valence-corrected chi connectivity index (χ1v) is 9.06. The van der Waals surface area contributed by atoms with Gasteiger partial charge in [0.1, 0.15) is 16.4 Å². The smallest absolute Gasteiger partial charge is 0.409 e. The van der Waals surface area contributed by atoms with Crippen LogP contribution in [0.25, 0.3) is 0 Å². The van der Waals surface area contributed by atoms with Gasteiger partial charge in [0.2, 0.25) is 3.79 Å². The summed E-state index contributed by atoms with van der Waals surface area (Å²) >= 11 is 28.4. The van der Waals surface area contributed by atoms with E-state index in [4.69, 9.17) is 71.6 Å². The van der Waals surface area contributed by atoms with Crippen molar-refractivity contribution in [2.24, 2.45) is 0 Å². The molecule has 10 heteroatoms. The van der Waals surface area contributed by atoms with Gasteiger partial charge in [0.15, 0.2) is 0 Å². The first-order valence-electron chi connectivity index (χ1n) is 5.71. The van der Waals surface area contributed by atoms with Crippen molar-refractivity contribution < 1.29 is 18.1 Å². The van der Waals surface area contributed by atoms with Crippen molar-refractivity contribution in [2.45, 2.75) is 43.0 Å². The lowest BCUT2D eigenvalue weighted by Crippen LogP contribution is -2.41. The van der Waals surface area contributed by atoms with Crippen LogP contribution in [0.3, 0.4) is 0 Å². The molecule has 120 valence electrons. The Morgan fingerprint density at radius 3 is 2.15 bits per heavy atom. The third-order valence-electron chi connectivity index (χ3n) is 2.31. The first-order chi connectivity index (χ1) is 8.99. The third-order valence-corrected chi connectivity index (χ3v) is 5.18. The zero-order valence-corrected chi connectivity index (χ0v) is 15.8. The Morgan fingerprint density at radius 1 is 1.25 bits per heavy atom. The van der Waals surface area contributed by atoms with Gasteiger partial charge in [0.25, 0.3) is 0 Å². The summed E-state index contributed by atoms with van der Waals surface area (Å²) < 4.78 is 25.8. The molecule has 0 aromatic carbocycles. The van der Waals surface area contributed by atoms with Crippen LogP contribution in [0, 0.1) is 0 Å². The van der Waals surface area contributed by atoms with E-state index in [1.54, 1.807) is 6.92 Å². The molecule has 0 unspecified atom stereocenters. The number of hydrogen-bond acceptors (Lipinski definition) is 4. The second-order valence-electron chi connectivity index (χ2n) is 3.97. The molecule has 20 heavy (non-hydrogen) atoms. The lowest BCUT2D eigenvalue weighted by atomic mass is 10.1. The van der Waals surface area contributed by atoms with E-state index in [9.17, 15) is 4.57 Å². The standard InChI is InChI=1S/C10H16Cl5O4P/c1-4-6-17-20(16,18-7-8(11)12)19-9(3,5-2)10(13,14)15/h7H,4-6H2,1-3H3/t9-,20-/m0/s1. The predicted molar refractivity (Wildman–Crippen MR) is 84.8 cm³/mol. The maximum atomic E-state index is 12.5. The minimum absolute atomic E-state index is 0.130. The second-order valence-corrected chi connectivity index (χ2v) is 8.80. The normalized spacial score (nSPS) is 18.0. The van der Waals surface area contributed by atoms with Crippen LogP contribution >= 0.6 is 65.8 Å². The average molecular weight is 408 g/mol. The van der Waals surface area contributed by atoms with Gasteiger partial charge in [-0.1, -0.05) is 71.9 Å². The molecule has 0 spiro atoms. The first kappa shape index (κ1) is 21.1. The minimum Gasteiger partial charge on any atom is -0.409 e. The number of hydrogen-bond donors (Lipinski definition) is 0. The summed E-state index contributed by atoms with van der Waals surface area (Å²) in [4.78, 5) is 0. The molecule has 4 nitrogen and oxygen atoms in total. The number of phosphoric ester groups is 1. The Hall–Kier alpha value is 1.14. The van der Waals surface area contributed by atoms with Crippen LogP contribution in [-0.2, 0) is 18.1 Å². The van der Waals surface area contributed by atoms with E-state index in [-0.39, 0.29) is 17.5 Å². The van der Waals surface area contributed by atoms with Gasteiger partial charge in [-0.15, -0.1) is 0 Å². The molecule has 0 heterocycles. The SMILES string of the molecule is CCCO[P@@](=O)(OC=C(Cl)Cl)O[C@@](C)(CC)C(Cl)(Cl)Cl. The predicted octanol–water partition coefficient (Wildman–Crippen LogP) is 6.37. The summed E-state index contributed by atoms with van der Waals surface area (Å²) in [6.45, 7) is 5.14. The van der Waals surface area contributed by atoms with Gasteiger partial charge >= 0.3 is 7.82 Å². The fourth-order valence-corrected chi connectivity index (χ4v) is 3.40. The maximum absolute atomic E-state index is 12.5. The number of halogens is 5. The van der Waals surface area contributed by atoms with Gasteiger partial charge in [0.05, 0.1) is 6.61 Å². The Kier molecular flexibility index (Phi) is 9.18. The Bertz CT molecular complexity index is 380. The van der Waals surface area contributed by atoms with Crippen molar-refractivity contribution in [1.29, 1.82) is 0 Å². The van der Waals surface area contributed by atoms with Crippen molar-refractivity contribution >= 4 is 65.8 Å². The largest absolute Gasteiger partial charge is 0.530 e. The second kappa shape index (κ2) is 8.69. The Labute approximate surface area is 144 Å². The molecule has 0 N–H and O–H groups in total. The van der Waals surface area contributed by atoms with Crippen LogP contribution in [0.4, 0.5) is 0 Å². The van der Waals surface area contributed by atoms with E-state index in [0.717, 1.165) is 6.26 Å². The molecule has 0 saturated heterocycles. The Morgan fingerprint density at radius 2 is 1.80 bits per heavy atom. The molecule has 0 fully saturated rings. The quantitative estimate of drug-likeness (QED) is 0.266. The summed E-state index contributed by atoms with van der Waals surface area (Å²) in [6.07, 6.45) is 1.68. The van der Waals surface area contributed by atoms with Gasteiger partial charge in [-0.25, -0.2) is 4.57 Å².